The van der Waals surface area contributed by atoms with Crippen LogP contribution in [-0.4, -0.2) is 28.9 Å². The first-order valence-electron chi connectivity index (χ1n) is 9.41. The Labute approximate surface area is 193 Å². The lowest BCUT2D eigenvalue weighted by molar-refractivity contribution is 0.427. The normalized spacial score (nSPS) is 12.1. The first kappa shape index (κ1) is 23.0. The molecule has 2 aromatic carbocycles. The van der Waals surface area contributed by atoms with Crippen LogP contribution < -0.4 is 14.6 Å². The second-order valence-corrected chi connectivity index (χ2v) is 11.3. The number of benzene rings is 2. The Morgan fingerprint density at radius 3 is 2.45 bits per heavy atom. The zero-order valence-corrected chi connectivity index (χ0v) is 19.5. The Hall–Kier alpha value is -3.22. The highest BCUT2D eigenvalue weighted by molar-refractivity contribution is 7.93. The van der Waals surface area contributed by atoms with Gasteiger partial charge in [-0.1, -0.05) is 12.1 Å². The number of halogens is 1. The molecule has 4 rings (SSSR count). The lowest BCUT2D eigenvalue weighted by Gasteiger charge is -2.24. The van der Waals surface area contributed by atoms with Crippen LogP contribution in [-0.2, 0) is 26.8 Å². The lowest BCUT2D eigenvalue weighted by atomic mass is 10.1. The van der Waals surface area contributed by atoms with Gasteiger partial charge in [-0.25, -0.2) is 8.42 Å². The maximum Gasteiger partial charge on any atom is 0.332 e. The van der Waals surface area contributed by atoms with Crippen molar-refractivity contribution in [2.75, 3.05) is 11.4 Å². The summed E-state index contributed by atoms with van der Waals surface area (Å²) in [6.07, 6.45) is 1.49. The number of pyridine rings is 1. The SMILES string of the molecule is COc1ccc(CN(c2ccc3cc[nH]c(=O)c3c2)S(=O)(=O)c2cccc(S(=O)(=O)F)c2)s1. The standard InChI is InChI=1S/C21H17FN2O6S3/c1-30-20-8-7-16(31-20)13-24(15-6-5-14-9-10-23-21(25)19(14)11-15)33(28,29)18-4-2-3-17(12-18)32(22,26)27/h2-12H,13H2,1H3,(H,23,25). The third-order valence-electron chi connectivity index (χ3n) is 4.86. The van der Waals surface area contributed by atoms with Gasteiger partial charge in [-0.2, -0.15) is 8.42 Å². The summed E-state index contributed by atoms with van der Waals surface area (Å²) in [6, 6.07) is 13.7. The number of fused-ring (bicyclic) bond motifs is 1. The van der Waals surface area contributed by atoms with Gasteiger partial charge in [0, 0.05) is 16.5 Å². The molecule has 0 fully saturated rings. The van der Waals surface area contributed by atoms with Gasteiger partial charge in [-0.3, -0.25) is 9.10 Å². The van der Waals surface area contributed by atoms with E-state index in [9.17, 15) is 25.5 Å². The molecule has 33 heavy (non-hydrogen) atoms. The maximum atomic E-state index is 13.6. The average Bonchev–Trinajstić information content (AvgIpc) is 3.25. The van der Waals surface area contributed by atoms with Gasteiger partial charge < -0.3 is 9.72 Å². The van der Waals surface area contributed by atoms with E-state index in [1.807, 2.05) is 0 Å². The molecule has 2 heterocycles. The predicted octanol–water partition coefficient (Wildman–Crippen LogP) is 3.65. The van der Waals surface area contributed by atoms with Crippen LogP contribution in [0.1, 0.15) is 4.88 Å². The number of thiophene rings is 1. The molecule has 2 aromatic heterocycles. The largest absolute Gasteiger partial charge is 0.487 e. The molecule has 0 unspecified atom stereocenters. The maximum absolute atomic E-state index is 13.6. The molecule has 8 nitrogen and oxygen atoms in total. The Morgan fingerprint density at radius 1 is 1.00 bits per heavy atom. The van der Waals surface area contributed by atoms with Gasteiger partial charge in [0.05, 0.1) is 29.1 Å². The number of hydrogen-bond acceptors (Lipinski definition) is 7. The topological polar surface area (TPSA) is 114 Å². The van der Waals surface area contributed by atoms with E-state index in [1.165, 1.54) is 36.8 Å². The van der Waals surface area contributed by atoms with Crippen LogP contribution in [0.3, 0.4) is 0 Å². The van der Waals surface area contributed by atoms with E-state index in [2.05, 4.69) is 4.98 Å². The number of aromatic nitrogens is 1. The first-order chi connectivity index (χ1) is 15.6. The average molecular weight is 509 g/mol. The minimum absolute atomic E-state index is 0.126. The second kappa shape index (κ2) is 8.61. The summed E-state index contributed by atoms with van der Waals surface area (Å²) in [5.41, 5.74) is -0.213. The van der Waals surface area contributed by atoms with Gasteiger partial charge >= 0.3 is 10.2 Å². The number of nitrogens with one attached hydrogen (secondary N) is 1. The van der Waals surface area contributed by atoms with Gasteiger partial charge in [0.1, 0.15) is 0 Å². The highest BCUT2D eigenvalue weighted by atomic mass is 32.3. The van der Waals surface area contributed by atoms with Gasteiger partial charge in [-0.15, -0.1) is 15.2 Å². The number of methoxy groups -OCH3 is 1. The minimum atomic E-state index is -5.11. The first-order valence-corrected chi connectivity index (χ1v) is 13.1. The van der Waals surface area contributed by atoms with Gasteiger partial charge in [0.25, 0.3) is 15.6 Å². The van der Waals surface area contributed by atoms with Crippen molar-refractivity contribution in [2.45, 2.75) is 16.3 Å². The molecule has 0 aliphatic heterocycles. The molecule has 0 radical (unpaired) electrons. The summed E-state index contributed by atoms with van der Waals surface area (Å²) >= 11 is 1.23. The number of aromatic amines is 1. The van der Waals surface area contributed by atoms with Crippen molar-refractivity contribution in [3.8, 4) is 5.06 Å². The van der Waals surface area contributed by atoms with E-state index < -0.39 is 35.6 Å². The van der Waals surface area contributed by atoms with Crippen LogP contribution in [0.15, 0.2) is 81.4 Å². The molecule has 12 heteroatoms. The van der Waals surface area contributed by atoms with Crippen molar-refractivity contribution in [1.82, 2.24) is 4.98 Å². The van der Waals surface area contributed by atoms with Gasteiger partial charge in [0.2, 0.25) is 0 Å². The summed E-state index contributed by atoms with van der Waals surface area (Å²) in [6.45, 7) is -0.126. The van der Waals surface area contributed by atoms with Crippen molar-refractivity contribution >= 4 is 48.0 Å². The van der Waals surface area contributed by atoms with Gasteiger partial charge in [0.15, 0.2) is 5.06 Å². The highest BCUT2D eigenvalue weighted by Gasteiger charge is 2.28. The Balaban J connectivity index is 1.89. The quantitative estimate of drug-likeness (QED) is 0.381. The molecule has 0 bridgehead atoms. The summed E-state index contributed by atoms with van der Waals surface area (Å²) in [5.74, 6) is 0. The molecule has 1 N–H and O–H groups in total. The summed E-state index contributed by atoms with van der Waals surface area (Å²) in [5, 5.41) is 1.46. The van der Waals surface area contributed by atoms with Crippen molar-refractivity contribution in [3.63, 3.8) is 0 Å². The Morgan fingerprint density at radius 2 is 1.76 bits per heavy atom. The van der Waals surface area contributed by atoms with E-state index in [0.717, 1.165) is 22.5 Å². The van der Waals surface area contributed by atoms with E-state index in [1.54, 1.807) is 30.3 Å². The van der Waals surface area contributed by atoms with Crippen molar-refractivity contribution in [1.29, 1.82) is 0 Å². The smallest absolute Gasteiger partial charge is 0.332 e. The molecular weight excluding hydrogens is 491 g/mol. The molecule has 4 aromatic rings. The fourth-order valence-corrected chi connectivity index (χ4v) is 6.20. The minimum Gasteiger partial charge on any atom is -0.487 e. The van der Waals surface area contributed by atoms with Crippen molar-refractivity contribution in [3.05, 3.63) is 82.1 Å². The number of ether oxygens (including phenoxy) is 1. The van der Waals surface area contributed by atoms with Crippen LogP contribution in [0.5, 0.6) is 5.06 Å². The lowest BCUT2D eigenvalue weighted by Crippen LogP contribution is -2.30. The number of rotatable bonds is 7. The zero-order chi connectivity index (χ0) is 23.8. The zero-order valence-electron chi connectivity index (χ0n) is 17.1. The number of nitrogens with zero attached hydrogens (tertiary/aromatic N) is 1. The molecule has 0 aliphatic carbocycles. The highest BCUT2D eigenvalue weighted by Crippen LogP contribution is 2.32. The number of anilines is 1. The van der Waals surface area contributed by atoms with E-state index >= 15 is 0 Å². The third-order valence-corrected chi connectivity index (χ3v) is 8.48. The van der Waals surface area contributed by atoms with Crippen molar-refractivity contribution in [2.24, 2.45) is 0 Å². The van der Waals surface area contributed by atoms with E-state index in [4.69, 9.17) is 4.74 Å². The van der Waals surface area contributed by atoms with Crippen molar-refractivity contribution < 1.29 is 25.5 Å². The summed E-state index contributed by atoms with van der Waals surface area (Å²) in [7, 11) is -7.98. The molecule has 0 amide bonds. The molecule has 0 atom stereocenters. The monoisotopic (exact) mass is 508 g/mol. The molecular formula is C21H17FN2O6S3. The second-order valence-electron chi connectivity index (χ2n) is 6.93. The molecule has 0 spiro atoms. The summed E-state index contributed by atoms with van der Waals surface area (Å²) < 4.78 is 69.6. The van der Waals surface area contributed by atoms with E-state index in [-0.39, 0.29) is 17.6 Å². The Bertz CT molecular complexity index is 1610. The van der Waals surface area contributed by atoms with Gasteiger partial charge in [-0.05, 0) is 53.9 Å². The molecule has 0 aliphatic rings. The molecule has 0 saturated heterocycles. The van der Waals surface area contributed by atoms with Crippen LogP contribution in [0.25, 0.3) is 10.8 Å². The number of H-pyrrole nitrogens is 1. The number of hydrogen-bond donors (Lipinski definition) is 1. The Kier molecular flexibility index (Phi) is 5.99. The van der Waals surface area contributed by atoms with Crippen LogP contribution in [0.4, 0.5) is 9.57 Å². The van der Waals surface area contributed by atoms with Crippen LogP contribution in [0, 0.1) is 0 Å². The predicted molar refractivity (Wildman–Crippen MR) is 124 cm³/mol. The van der Waals surface area contributed by atoms with E-state index in [0.29, 0.717) is 15.3 Å². The number of sulfonamides is 1. The van der Waals surface area contributed by atoms with Crippen LogP contribution in [0.2, 0.25) is 0 Å². The molecule has 0 saturated carbocycles. The fraction of sp³-hybridized carbons (Fsp3) is 0.0952. The fourth-order valence-electron chi connectivity index (χ4n) is 3.25. The van der Waals surface area contributed by atoms with Crippen LogP contribution >= 0.6 is 11.3 Å². The third kappa shape index (κ3) is 4.63. The molecule has 172 valence electrons. The summed E-state index contributed by atoms with van der Waals surface area (Å²) in [4.78, 5) is 14.3.